The molecule has 0 aliphatic rings. The lowest BCUT2D eigenvalue weighted by Crippen LogP contribution is -2.34. The minimum Gasteiger partial charge on any atom is -0.264 e. The molecule has 25 heavy (non-hydrogen) atoms. The molecule has 0 bridgehead atoms. The maximum atomic E-state index is 12.2. The average molecular weight is 383 g/mol. The smallest absolute Gasteiger partial charge is 0.240 e. The van der Waals surface area contributed by atoms with Gasteiger partial charge in [0.15, 0.2) is 0 Å². The number of aryl methyl sites for hydroxylation is 1. The van der Waals surface area contributed by atoms with E-state index in [1.54, 1.807) is 36.7 Å². The fourth-order valence-electron chi connectivity index (χ4n) is 2.07. The summed E-state index contributed by atoms with van der Waals surface area (Å²) < 4.78 is 52.9. The fraction of sp³-hybridized carbons (Fsp3) is 0.312. The van der Waals surface area contributed by atoms with Gasteiger partial charge in [-0.05, 0) is 35.7 Å². The largest absolute Gasteiger partial charge is 0.264 e. The second-order valence-electron chi connectivity index (χ2n) is 5.40. The summed E-state index contributed by atoms with van der Waals surface area (Å²) in [5.74, 6) is -0.348. The van der Waals surface area contributed by atoms with Crippen molar-refractivity contribution in [3.8, 4) is 0 Å². The Bertz CT molecular complexity index is 881. The van der Waals surface area contributed by atoms with Crippen LogP contribution in [0.3, 0.4) is 0 Å². The molecule has 0 radical (unpaired) electrons. The topological polar surface area (TPSA) is 105 Å². The molecular formula is C16H21N3O4S2. The van der Waals surface area contributed by atoms with E-state index in [1.165, 1.54) is 12.1 Å². The average Bonchev–Trinajstić information content (AvgIpc) is 2.61. The van der Waals surface area contributed by atoms with Gasteiger partial charge >= 0.3 is 0 Å². The van der Waals surface area contributed by atoms with E-state index in [4.69, 9.17) is 0 Å². The summed E-state index contributed by atoms with van der Waals surface area (Å²) in [7, 11) is -7.33. The molecule has 2 rings (SSSR count). The SMILES string of the molecule is CCc1ccc(S(=O)(=O)NCCS(=O)(=O)NCc2cccnc2)cc1. The Morgan fingerprint density at radius 3 is 2.28 bits per heavy atom. The van der Waals surface area contributed by atoms with Gasteiger partial charge in [-0.15, -0.1) is 0 Å². The van der Waals surface area contributed by atoms with Crippen molar-refractivity contribution in [1.82, 2.24) is 14.4 Å². The molecular weight excluding hydrogens is 362 g/mol. The van der Waals surface area contributed by atoms with Crippen molar-refractivity contribution in [2.24, 2.45) is 0 Å². The molecule has 0 unspecified atom stereocenters. The zero-order chi connectivity index (χ0) is 18.3. The van der Waals surface area contributed by atoms with Crippen LogP contribution in [0.25, 0.3) is 0 Å². The normalized spacial score (nSPS) is 12.2. The Kier molecular flexibility index (Phi) is 6.65. The Morgan fingerprint density at radius 1 is 0.960 bits per heavy atom. The van der Waals surface area contributed by atoms with Gasteiger partial charge in [-0.2, -0.15) is 0 Å². The molecule has 2 N–H and O–H groups in total. The molecule has 0 spiro atoms. The lowest BCUT2D eigenvalue weighted by Gasteiger charge is -2.09. The molecule has 0 saturated heterocycles. The highest BCUT2D eigenvalue weighted by molar-refractivity contribution is 7.90. The first-order valence-electron chi connectivity index (χ1n) is 7.77. The van der Waals surface area contributed by atoms with Crippen LogP contribution in [0.4, 0.5) is 0 Å². The van der Waals surface area contributed by atoms with Gasteiger partial charge in [0.2, 0.25) is 20.0 Å². The summed E-state index contributed by atoms with van der Waals surface area (Å²) in [6.07, 6.45) is 3.97. The van der Waals surface area contributed by atoms with Crippen molar-refractivity contribution in [3.63, 3.8) is 0 Å². The molecule has 0 aliphatic heterocycles. The maximum absolute atomic E-state index is 12.2. The summed E-state index contributed by atoms with van der Waals surface area (Å²) in [4.78, 5) is 4.02. The van der Waals surface area contributed by atoms with E-state index in [1.807, 2.05) is 6.92 Å². The summed E-state index contributed by atoms with van der Waals surface area (Å²) >= 11 is 0. The van der Waals surface area contributed by atoms with Crippen molar-refractivity contribution in [2.75, 3.05) is 12.3 Å². The predicted molar refractivity (Wildman–Crippen MR) is 95.9 cm³/mol. The number of nitrogens with zero attached hydrogens (tertiary/aromatic N) is 1. The molecule has 0 amide bonds. The van der Waals surface area contributed by atoms with E-state index >= 15 is 0 Å². The number of nitrogens with one attached hydrogen (secondary N) is 2. The number of aromatic nitrogens is 1. The summed E-state index contributed by atoms with van der Waals surface area (Å²) in [6, 6.07) is 9.95. The monoisotopic (exact) mass is 383 g/mol. The Labute approximate surface area is 148 Å². The third kappa shape index (κ3) is 6.20. The van der Waals surface area contributed by atoms with Gasteiger partial charge in [0.25, 0.3) is 0 Å². The Hall–Kier alpha value is -1.81. The Balaban J connectivity index is 1.87. The van der Waals surface area contributed by atoms with E-state index in [0.717, 1.165) is 17.5 Å². The maximum Gasteiger partial charge on any atom is 0.240 e. The van der Waals surface area contributed by atoms with Crippen LogP contribution in [-0.2, 0) is 33.0 Å². The van der Waals surface area contributed by atoms with Crippen LogP contribution in [0.15, 0.2) is 53.7 Å². The van der Waals surface area contributed by atoms with Crippen molar-refractivity contribution >= 4 is 20.0 Å². The van der Waals surface area contributed by atoms with Crippen LogP contribution in [-0.4, -0.2) is 34.1 Å². The van der Waals surface area contributed by atoms with Crippen LogP contribution >= 0.6 is 0 Å². The van der Waals surface area contributed by atoms with Gasteiger partial charge in [0, 0.05) is 25.5 Å². The molecule has 7 nitrogen and oxygen atoms in total. The van der Waals surface area contributed by atoms with Gasteiger partial charge < -0.3 is 0 Å². The molecule has 0 atom stereocenters. The first kappa shape index (κ1) is 19.5. The van der Waals surface area contributed by atoms with E-state index in [2.05, 4.69) is 14.4 Å². The molecule has 0 aliphatic carbocycles. The number of pyridine rings is 1. The van der Waals surface area contributed by atoms with Crippen molar-refractivity contribution < 1.29 is 16.8 Å². The summed E-state index contributed by atoms with van der Waals surface area (Å²) in [5.41, 5.74) is 1.75. The highest BCUT2D eigenvalue weighted by atomic mass is 32.2. The van der Waals surface area contributed by atoms with Crippen LogP contribution in [0.1, 0.15) is 18.1 Å². The molecule has 9 heteroatoms. The van der Waals surface area contributed by atoms with Gasteiger partial charge in [-0.3, -0.25) is 4.98 Å². The number of hydrogen-bond acceptors (Lipinski definition) is 5. The van der Waals surface area contributed by atoms with Crippen LogP contribution in [0.5, 0.6) is 0 Å². The Morgan fingerprint density at radius 2 is 1.68 bits per heavy atom. The van der Waals surface area contributed by atoms with E-state index in [0.29, 0.717) is 0 Å². The molecule has 0 fully saturated rings. The zero-order valence-electron chi connectivity index (χ0n) is 13.8. The van der Waals surface area contributed by atoms with E-state index < -0.39 is 20.0 Å². The number of benzene rings is 1. The molecule has 2 aromatic rings. The second kappa shape index (κ2) is 8.52. The minimum absolute atomic E-state index is 0.113. The molecule has 1 aromatic heterocycles. The summed E-state index contributed by atoms with van der Waals surface area (Å²) in [5, 5.41) is 0. The summed E-state index contributed by atoms with van der Waals surface area (Å²) in [6.45, 7) is 1.88. The van der Waals surface area contributed by atoms with E-state index in [9.17, 15) is 16.8 Å². The third-order valence-corrected chi connectivity index (χ3v) is 6.33. The predicted octanol–water partition coefficient (Wildman–Crippen LogP) is 1.04. The van der Waals surface area contributed by atoms with Gasteiger partial charge in [-0.1, -0.05) is 25.1 Å². The minimum atomic E-state index is -3.73. The molecule has 1 heterocycles. The first-order chi connectivity index (χ1) is 11.8. The lowest BCUT2D eigenvalue weighted by atomic mass is 10.2. The standard InChI is InChI=1S/C16H21N3O4S2/c1-2-14-5-7-16(8-6-14)25(22,23)18-10-11-24(20,21)19-13-15-4-3-9-17-12-15/h3-9,12,18-19H,2,10-11,13H2,1H3. The molecule has 136 valence electrons. The highest BCUT2D eigenvalue weighted by Gasteiger charge is 2.16. The van der Waals surface area contributed by atoms with Crippen LogP contribution in [0.2, 0.25) is 0 Å². The first-order valence-corrected chi connectivity index (χ1v) is 10.9. The van der Waals surface area contributed by atoms with Crippen molar-refractivity contribution in [3.05, 3.63) is 59.9 Å². The number of sulfonamides is 2. The zero-order valence-corrected chi connectivity index (χ0v) is 15.5. The van der Waals surface area contributed by atoms with Crippen molar-refractivity contribution in [1.29, 1.82) is 0 Å². The molecule has 0 saturated carbocycles. The van der Waals surface area contributed by atoms with Gasteiger partial charge in [0.05, 0.1) is 10.6 Å². The fourth-order valence-corrected chi connectivity index (χ4v) is 4.13. The third-order valence-electron chi connectivity index (χ3n) is 3.52. The number of rotatable bonds is 9. The molecule has 1 aromatic carbocycles. The van der Waals surface area contributed by atoms with Gasteiger partial charge in [0.1, 0.15) is 0 Å². The second-order valence-corrected chi connectivity index (χ2v) is 9.09. The van der Waals surface area contributed by atoms with Crippen LogP contribution < -0.4 is 9.44 Å². The van der Waals surface area contributed by atoms with Crippen LogP contribution in [0, 0.1) is 0 Å². The quantitative estimate of drug-likeness (QED) is 0.673. The lowest BCUT2D eigenvalue weighted by molar-refractivity contribution is 0.575. The van der Waals surface area contributed by atoms with E-state index in [-0.39, 0.29) is 23.7 Å². The number of hydrogen-bond donors (Lipinski definition) is 2. The highest BCUT2D eigenvalue weighted by Crippen LogP contribution is 2.10. The van der Waals surface area contributed by atoms with Crippen molar-refractivity contribution in [2.45, 2.75) is 24.8 Å². The van der Waals surface area contributed by atoms with Gasteiger partial charge in [-0.25, -0.2) is 26.3 Å².